The van der Waals surface area contributed by atoms with Crippen molar-refractivity contribution in [1.29, 1.82) is 0 Å². The van der Waals surface area contributed by atoms with Gasteiger partial charge in [0.15, 0.2) is 0 Å². The summed E-state index contributed by atoms with van der Waals surface area (Å²) < 4.78 is 0. The van der Waals surface area contributed by atoms with Crippen molar-refractivity contribution in [3.05, 3.63) is 11.1 Å². The topological polar surface area (TPSA) is 77.8 Å². The monoisotopic (exact) mass is 374 g/mol. The average molecular weight is 375 g/mol. The number of carbonyl (C=O) groups is 1. The molecule has 4 heteroatoms. The number of carboxylic acid groups (broad SMARTS) is 1. The summed E-state index contributed by atoms with van der Waals surface area (Å²) in [6.45, 7) is 4.24. The molecule has 0 radical (unpaired) electrons. The number of carboxylic acids is 1. The van der Waals surface area contributed by atoms with E-state index in [0.717, 1.165) is 25.7 Å². The first-order chi connectivity index (χ1) is 12.9. The van der Waals surface area contributed by atoms with Crippen molar-refractivity contribution >= 4 is 5.97 Å². The van der Waals surface area contributed by atoms with E-state index in [1.54, 1.807) is 0 Å². The molecule has 0 bridgehead atoms. The molecule has 6 atom stereocenters. The largest absolute Gasteiger partial charge is 0.481 e. The van der Waals surface area contributed by atoms with E-state index < -0.39 is 18.2 Å². The second kappa shape index (κ2) is 8.80. The summed E-state index contributed by atoms with van der Waals surface area (Å²) in [5.74, 6) is 6.91. The lowest BCUT2D eigenvalue weighted by molar-refractivity contribution is -0.136. The lowest BCUT2D eigenvalue weighted by atomic mass is 9.50. The maximum absolute atomic E-state index is 10.9. The van der Waals surface area contributed by atoms with E-state index in [0.29, 0.717) is 24.2 Å². The molecule has 27 heavy (non-hydrogen) atoms. The molecule has 3 saturated carbocycles. The summed E-state index contributed by atoms with van der Waals surface area (Å²) >= 11 is 0. The van der Waals surface area contributed by atoms with Gasteiger partial charge in [0.2, 0.25) is 0 Å². The van der Waals surface area contributed by atoms with Crippen molar-refractivity contribution in [3.8, 4) is 11.8 Å². The Hall–Kier alpha value is -1.31. The Bertz CT molecular complexity index is 634. The molecule has 0 spiro atoms. The van der Waals surface area contributed by atoms with Gasteiger partial charge < -0.3 is 15.3 Å². The fourth-order valence-corrected chi connectivity index (χ4v) is 5.76. The summed E-state index contributed by atoms with van der Waals surface area (Å²) in [5, 5.41) is 30.0. The molecular formula is C23H34O4. The molecule has 0 saturated heterocycles. The number of rotatable bonds is 4. The van der Waals surface area contributed by atoms with Gasteiger partial charge in [-0.25, -0.2) is 0 Å². The molecule has 3 fully saturated rings. The van der Waals surface area contributed by atoms with Crippen LogP contribution in [0.1, 0.15) is 71.6 Å². The zero-order valence-corrected chi connectivity index (χ0v) is 16.7. The smallest absolute Gasteiger partial charge is 0.303 e. The summed E-state index contributed by atoms with van der Waals surface area (Å²) in [6, 6.07) is 0. The van der Waals surface area contributed by atoms with Gasteiger partial charge in [0.1, 0.15) is 6.10 Å². The lowest BCUT2D eigenvalue weighted by Crippen LogP contribution is -2.50. The highest BCUT2D eigenvalue weighted by Gasteiger charge is 2.51. The number of allylic oxidation sites excluding steroid dienone is 2. The Balaban J connectivity index is 1.69. The van der Waals surface area contributed by atoms with Crippen molar-refractivity contribution in [2.24, 2.45) is 29.6 Å². The van der Waals surface area contributed by atoms with Gasteiger partial charge in [-0.3, -0.25) is 4.79 Å². The summed E-state index contributed by atoms with van der Waals surface area (Å²) in [5.41, 5.74) is 2.60. The Kier molecular flexibility index (Phi) is 6.65. The first-order valence-electron chi connectivity index (χ1n) is 10.7. The van der Waals surface area contributed by atoms with Crippen molar-refractivity contribution in [2.75, 3.05) is 0 Å². The molecule has 0 aliphatic heterocycles. The van der Waals surface area contributed by atoms with Gasteiger partial charge in [-0.15, -0.1) is 0 Å². The molecule has 3 aliphatic rings. The molecule has 3 N–H and O–H groups in total. The van der Waals surface area contributed by atoms with Gasteiger partial charge in [-0.1, -0.05) is 49.2 Å². The second-order valence-corrected chi connectivity index (χ2v) is 8.90. The van der Waals surface area contributed by atoms with Crippen LogP contribution in [-0.2, 0) is 4.79 Å². The van der Waals surface area contributed by atoms with Crippen molar-refractivity contribution < 1.29 is 20.1 Å². The fourth-order valence-electron chi connectivity index (χ4n) is 5.76. The van der Waals surface area contributed by atoms with Crippen LogP contribution in [0.4, 0.5) is 0 Å². The summed E-state index contributed by atoms with van der Waals surface area (Å²) in [7, 11) is 0. The average Bonchev–Trinajstić information content (AvgIpc) is 2.66. The highest BCUT2D eigenvalue weighted by atomic mass is 16.4. The molecule has 0 aromatic heterocycles. The number of fused-ring (bicyclic) bond motifs is 1. The molecule has 0 aromatic carbocycles. The molecule has 2 unspecified atom stereocenters. The summed E-state index contributed by atoms with van der Waals surface area (Å²) in [4.78, 5) is 10.9. The molecule has 0 amide bonds. The first-order valence-corrected chi connectivity index (χ1v) is 10.7. The van der Waals surface area contributed by atoms with E-state index in [1.807, 2.05) is 0 Å². The van der Waals surface area contributed by atoms with Gasteiger partial charge in [0.25, 0.3) is 0 Å². The Morgan fingerprint density at radius 1 is 1.15 bits per heavy atom. The van der Waals surface area contributed by atoms with Crippen LogP contribution in [0.3, 0.4) is 0 Å². The van der Waals surface area contributed by atoms with E-state index in [9.17, 15) is 15.0 Å². The highest BCUT2D eigenvalue weighted by molar-refractivity contribution is 5.67. The Morgan fingerprint density at radius 2 is 1.85 bits per heavy atom. The third-order valence-electron chi connectivity index (χ3n) is 7.24. The Morgan fingerprint density at radius 3 is 2.52 bits per heavy atom. The normalized spacial score (nSPS) is 36.7. The van der Waals surface area contributed by atoms with Gasteiger partial charge in [0.05, 0.1) is 12.0 Å². The number of aliphatic hydroxyl groups excluding tert-OH is 2. The van der Waals surface area contributed by atoms with Crippen molar-refractivity contribution in [1.82, 2.24) is 0 Å². The molecule has 150 valence electrons. The summed E-state index contributed by atoms with van der Waals surface area (Å²) in [6.07, 6.45) is 7.24. The van der Waals surface area contributed by atoms with Crippen LogP contribution in [0.15, 0.2) is 11.1 Å². The third kappa shape index (κ3) is 4.41. The van der Waals surface area contributed by atoms with Crippen LogP contribution in [0.25, 0.3) is 0 Å². The zero-order chi connectivity index (χ0) is 19.6. The minimum absolute atomic E-state index is 0.0759. The van der Waals surface area contributed by atoms with Crippen molar-refractivity contribution in [2.45, 2.75) is 83.8 Å². The fraction of sp³-hybridized carbons (Fsp3) is 0.783. The first kappa shape index (κ1) is 20.4. The molecule has 3 aliphatic carbocycles. The molecule has 4 nitrogen and oxygen atoms in total. The number of hydrogen-bond donors (Lipinski definition) is 3. The van der Waals surface area contributed by atoms with Crippen LogP contribution in [-0.4, -0.2) is 33.5 Å². The maximum atomic E-state index is 10.9. The van der Waals surface area contributed by atoms with Crippen LogP contribution >= 0.6 is 0 Å². The van der Waals surface area contributed by atoms with Crippen LogP contribution in [0, 0.1) is 41.4 Å². The maximum Gasteiger partial charge on any atom is 0.303 e. The van der Waals surface area contributed by atoms with Gasteiger partial charge in [-0.2, -0.15) is 0 Å². The van der Waals surface area contributed by atoms with Crippen LogP contribution in [0.2, 0.25) is 0 Å². The SMILES string of the molecule is CC(CCC(=O)O)=C1C(C)[C@@H]2[C@@H](C#CC(O)C3CCCCC3)[C@H](O)CC[C@H]12. The predicted molar refractivity (Wildman–Crippen MR) is 105 cm³/mol. The quantitative estimate of drug-likeness (QED) is 0.517. The molecule has 0 aromatic rings. The number of aliphatic carboxylic acids is 1. The number of aliphatic hydroxyl groups is 2. The van der Waals surface area contributed by atoms with E-state index >= 15 is 0 Å². The molecule has 3 rings (SSSR count). The standard InChI is InChI=1S/C23H34O4/c1-14(8-13-21(26)27)22-15(2)23-17(20(25)12-10-18(22)23)9-11-19(24)16-6-4-3-5-7-16/h15-20,23-25H,3-8,10,12-13H2,1-2H3,(H,26,27)/t15?,17-,18+,19?,20+,23+/m0/s1. The van der Waals surface area contributed by atoms with E-state index in [-0.39, 0.29) is 18.3 Å². The molecule has 0 heterocycles. The van der Waals surface area contributed by atoms with Crippen molar-refractivity contribution in [3.63, 3.8) is 0 Å². The minimum Gasteiger partial charge on any atom is -0.481 e. The second-order valence-electron chi connectivity index (χ2n) is 8.90. The highest BCUT2D eigenvalue weighted by Crippen LogP contribution is 2.56. The molecular weight excluding hydrogens is 340 g/mol. The minimum atomic E-state index is -0.752. The van der Waals surface area contributed by atoms with E-state index in [1.165, 1.54) is 30.4 Å². The van der Waals surface area contributed by atoms with Crippen LogP contribution in [0.5, 0.6) is 0 Å². The van der Waals surface area contributed by atoms with E-state index in [2.05, 4.69) is 25.7 Å². The van der Waals surface area contributed by atoms with Gasteiger partial charge in [-0.05, 0) is 62.7 Å². The third-order valence-corrected chi connectivity index (χ3v) is 7.24. The predicted octanol–water partition coefficient (Wildman–Crippen LogP) is 3.77. The lowest BCUT2D eigenvalue weighted by Gasteiger charge is -2.54. The Labute approximate surface area is 163 Å². The zero-order valence-electron chi connectivity index (χ0n) is 16.7. The van der Waals surface area contributed by atoms with Crippen LogP contribution < -0.4 is 0 Å². The number of hydrogen-bond acceptors (Lipinski definition) is 3. The van der Waals surface area contributed by atoms with E-state index in [4.69, 9.17) is 5.11 Å². The van der Waals surface area contributed by atoms with Gasteiger partial charge >= 0.3 is 5.97 Å². The van der Waals surface area contributed by atoms with Gasteiger partial charge in [0, 0.05) is 6.42 Å².